The summed E-state index contributed by atoms with van der Waals surface area (Å²) >= 11 is 5.75. The molecular formula is C12H13ClN4O2. The summed E-state index contributed by atoms with van der Waals surface area (Å²) in [7, 11) is 1.35. The van der Waals surface area contributed by atoms with Gasteiger partial charge in [-0.3, -0.25) is 4.68 Å². The lowest BCUT2D eigenvalue weighted by molar-refractivity contribution is -0.144. The van der Waals surface area contributed by atoms with E-state index in [2.05, 4.69) is 15.1 Å². The zero-order chi connectivity index (χ0) is 14.0. The molecule has 2 rings (SSSR count). The van der Waals surface area contributed by atoms with Crippen LogP contribution in [0.4, 0.5) is 0 Å². The fraction of sp³-hybridized carbons (Fsp3) is 0.333. The topological polar surface area (TPSA) is 69.9 Å². The lowest BCUT2D eigenvalue weighted by Gasteiger charge is -2.11. The fourth-order valence-electron chi connectivity index (χ4n) is 1.75. The number of rotatable bonds is 3. The molecule has 1 atom stereocenters. The molecule has 0 saturated heterocycles. The van der Waals surface area contributed by atoms with Crippen molar-refractivity contribution in [1.29, 1.82) is 0 Å². The van der Waals surface area contributed by atoms with Gasteiger partial charge in [0.25, 0.3) is 0 Å². The van der Waals surface area contributed by atoms with Crippen molar-refractivity contribution in [3.63, 3.8) is 0 Å². The van der Waals surface area contributed by atoms with Gasteiger partial charge in [-0.1, -0.05) is 0 Å². The van der Waals surface area contributed by atoms with Crippen LogP contribution in [-0.2, 0) is 9.53 Å². The first-order valence-corrected chi connectivity index (χ1v) is 6.03. The molecule has 2 heterocycles. The van der Waals surface area contributed by atoms with Crippen molar-refractivity contribution < 1.29 is 9.53 Å². The van der Waals surface area contributed by atoms with Crippen molar-refractivity contribution in [3.05, 3.63) is 29.3 Å². The van der Waals surface area contributed by atoms with Crippen LogP contribution in [0.25, 0.3) is 11.4 Å². The number of hydrogen-bond acceptors (Lipinski definition) is 5. The minimum absolute atomic E-state index is 0.158. The SMILES string of the molecule is COC(=O)C(C)n1nc(-c2ccnc(Cl)n2)cc1C. The predicted octanol–water partition coefficient (Wildman–Crippen LogP) is 2.04. The normalized spacial score (nSPS) is 12.2. The highest BCUT2D eigenvalue weighted by molar-refractivity contribution is 6.28. The Balaban J connectivity index is 2.39. The number of methoxy groups -OCH3 is 1. The van der Waals surface area contributed by atoms with E-state index in [9.17, 15) is 4.79 Å². The first kappa shape index (κ1) is 13.5. The fourth-order valence-corrected chi connectivity index (χ4v) is 1.90. The van der Waals surface area contributed by atoms with Crippen LogP contribution in [0, 0.1) is 6.92 Å². The Morgan fingerprint density at radius 2 is 2.21 bits per heavy atom. The molecule has 0 radical (unpaired) electrons. The lowest BCUT2D eigenvalue weighted by Crippen LogP contribution is -2.19. The lowest BCUT2D eigenvalue weighted by atomic mass is 10.3. The molecule has 7 heteroatoms. The van der Waals surface area contributed by atoms with Crippen molar-refractivity contribution in [3.8, 4) is 11.4 Å². The molecule has 0 aliphatic rings. The quantitative estimate of drug-likeness (QED) is 0.635. The van der Waals surface area contributed by atoms with Crippen molar-refractivity contribution in [2.75, 3.05) is 7.11 Å². The highest BCUT2D eigenvalue weighted by atomic mass is 35.5. The molecular weight excluding hydrogens is 268 g/mol. The van der Waals surface area contributed by atoms with Gasteiger partial charge in [0.15, 0.2) is 0 Å². The summed E-state index contributed by atoms with van der Waals surface area (Å²) in [5, 5.41) is 4.52. The van der Waals surface area contributed by atoms with Gasteiger partial charge >= 0.3 is 5.97 Å². The molecule has 0 aliphatic heterocycles. The minimum atomic E-state index is -0.490. The zero-order valence-electron chi connectivity index (χ0n) is 10.8. The molecule has 2 aromatic rings. The third-order valence-corrected chi connectivity index (χ3v) is 2.90. The van der Waals surface area contributed by atoms with E-state index in [1.165, 1.54) is 7.11 Å². The monoisotopic (exact) mass is 280 g/mol. The molecule has 0 bridgehead atoms. The predicted molar refractivity (Wildman–Crippen MR) is 69.7 cm³/mol. The zero-order valence-corrected chi connectivity index (χ0v) is 11.5. The van der Waals surface area contributed by atoms with Gasteiger partial charge in [-0.15, -0.1) is 0 Å². The summed E-state index contributed by atoms with van der Waals surface area (Å²) in [5.74, 6) is -0.349. The van der Waals surface area contributed by atoms with Crippen LogP contribution in [0.2, 0.25) is 5.28 Å². The van der Waals surface area contributed by atoms with Gasteiger partial charge < -0.3 is 4.74 Å². The minimum Gasteiger partial charge on any atom is -0.467 e. The molecule has 0 N–H and O–H groups in total. The molecule has 100 valence electrons. The maximum atomic E-state index is 11.5. The summed E-state index contributed by atoms with van der Waals surface area (Å²) in [6, 6.07) is 3.05. The molecule has 0 spiro atoms. The van der Waals surface area contributed by atoms with Crippen molar-refractivity contribution >= 4 is 17.6 Å². The average molecular weight is 281 g/mol. The first-order valence-electron chi connectivity index (χ1n) is 5.66. The molecule has 0 amide bonds. The second-order valence-corrected chi connectivity index (χ2v) is 4.36. The van der Waals surface area contributed by atoms with Crippen LogP contribution in [0.1, 0.15) is 18.7 Å². The van der Waals surface area contributed by atoms with E-state index >= 15 is 0 Å². The van der Waals surface area contributed by atoms with Crippen LogP contribution < -0.4 is 0 Å². The van der Waals surface area contributed by atoms with Gasteiger partial charge in [0.2, 0.25) is 5.28 Å². The van der Waals surface area contributed by atoms with Crippen LogP contribution in [0.15, 0.2) is 18.3 Å². The Hall–Kier alpha value is -1.95. The van der Waals surface area contributed by atoms with Gasteiger partial charge in [0, 0.05) is 11.9 Å². The molecule has 0 saturated carbocycles. The van der Waals surface area contributed by atoms with E-state index in [0.29, 0.717) is 11.4 Å². The Labute approximate surface area is 115 Å². The summed E-state index contributed by atoms with van der Waals surface area (Å²) in [5.41, 5.74) is 2.08. The summed E-state index contributed by atoms with van der Waals surface area (Å²) in [6.07, 6.45) is 1.56. The molecule has 0 fully saturated rings. The van der Waals surface area contributed by atoms with Gasteiger partial charge in [-0.05, 0) is 37.6 Å². The van der Waals surface area contributed by atoms with Gasteiger partial charge in [-0.2, -0.15) is 5.10 Å². The van der Waals surface area contributed by atoms with Gasteiger partial charge in [0.05, 0.1) is 12.8 Å². The Kier molecular flexibility index (Phi) is 3.80. The van der Waals surface area contributed by atoms with Gasteiger partial charge in [-0.25, -0.2) is 14.8 Å². The van der Waals surface area contributed by atoms with E-state index in [1.54, 1.807) is 23.9 Å². The largest absolute Gasteiger partial charge is 0.467 e. The Morgan fingerprint density at radius 3 is 2.84 bits per heavy atom. The first-order chi connectivity index (χ1) is 9.02. The Morgan fingerprint density at radius 1 is 1.47 bits per heavy atom. The smallest absolute Gasteiger partial charge is 0.330 e. The molecule has 0 aliphatic carbocycles. The van der Waals surface area contributed by atoms with E-state index in [4.69, 9.17) is 16.3 Å². The maximum absolute atomic E-state index is 11.5. The third kappa shape index (κ3) is 2.73. The summed E-state index contributed by atoms with van der Waals surface area (Å²) in [6.45, 7) is 3.58. The van der Waals surface area contributed by atoms with Crippen molar-refractivity contribution in [2.24, 2.45) is 0 Å². The number of carbonyl (C=O) groups is 1. The number of halogens is 1. The van der Waals surface area contributed by atoms with E-state index in [-0.39, 0.29) is 11.3 Å². The number of hydrogen-bond donors (Lipinski definition) is 0. The van der Waals surface area contributed by atoms with Crippen LogP contribution in [0.5, 0.6) is 0 Å². The third-order valence-electron chi connectivity index (χ3n) is 2.72. The van der Waals surface area contributed by atoms with E-state index in [0.717, 1.165) is 5.69 Å². The summed E-state index contributed by atoms with van der Waals surface area (Å²) in [4.78, 5) is 19.4. The van der Waals surface area contributed by atoms with Crippen molar-refractivity contribution in [1.82, 2.24) is 19.7 Å². The second-order valence-electron chi connectivity index (χ2n) is 4.03. The van der Waals surface area contributed by atoms with Crippen LogP contribution in [-0.4, -0.2) is 32.8 Å². The maximum Gasteiger partial charge on any atom is 0.330 e. The number of aromatic nitrogens is 4. The molecule has 6 nitrogen and oxygen atoms in total. The van der Waals surface area contributed by atoms with Crippen LogP contribution >= 0.6 is 11.6 Å². The van der Waals surface area contributed by atoms with E-state index < -0.39 is 6.04 Å². The number of nitrogens with zero attached hydrogens (tertiary/aromatic N) is 4. The Bertz CT molecular complexity index is 612. The number of aryl methyl sites for hydroxylation is 1. The summed E-state index contributed by atoms with van der Waals surface area (Å²) < 4.78 is 6.30. The molecule has 2 aromatic heterocycles. The molecule has 0 aromatic carbocycles. The van der Waals surface area contributed by atoms with E-state index in [1.807, 2.05) is 13.0 Å². The van der Waals surface area contributed by atoms with Gasteiger partial charge in [0.1, 0.15) is 11.7 Å². The highest BCUT2D eigenvalue weighted by Gasteiger charge is 2.19. The molecule has 1 unspecified atom stereocenters. The number of carbonyl (C=O) groups excluding carboxylic acids is 1. The average Bonchev–Trinajstić information content (AvgIpc) is 2.79. The highest BCUT2D eigenvalue weighted by Crippen LogP contribution is 2.20. The standard InChI is InChI=1S/C12H13ClN4O2/c1-7-6-10(9-4-5-14-12(13)15-9)16-17(7)8(2)11(18)19-3/h4-6,8H,1-3H3. The number of ether oxygens (including phenoxy) is 1. The number of esters is 1. The van der Waals surface area contributed by atoms with Crippen molar-refractivity contribution in [2.45, 2.75) is 19.9 Å². The second kappa shape index (κ2) is 5.36. The van der Waals surface area contributed by atoms with Crippen LogP contribution in [0.3, 0.4) is 0 Å². The molecule has 19 heavy (non-hydrogen) atoms.